The van der Waals surface area contributed by atoms with Crippen molar-refractivity contribution in [2.45, 2.75) is 37.6 Å². The maximum absolute atomic E-state index is 13.6. The summed E-state index contributed by atoms with van der Waals surface area (Å²) in [7, 11) is -3.58. The third kappa shape index (κ3) is 5.71. The summed E-state index contributed by atoms with van der Waals surface area (Å²) in [6.45, 7) is 3.17. The molecule has 0 atom stereocenters. The number of sulfonamides is 1. The average molecular weight is 558 g/mol. The van der Waals surface area contributed by atoms with E-state index in [9.17, 15) is 23.4 Å². The van der Waals surface area contributed by atoms with Crippen LogP contribution in [0.1, 0.15) is 40.7 Å². The van der Waals surface area contributed by atoms with Gasteiger partial charge in [-0.1, -0.05) is 48.9 Å². The van der Waals surface area contributed by atoms with Crippen LogP contribution in [0, 0.1) is 6.92 Å². The van der Waals surface area contributed by atoms with E-state index in [4.69, 9.17) is 0 Å². The number of amides is 1. The maximum Gasteiger partial charge on any atom is 0.262 e. The lowest BCUT2D eigenvalue weighted by atomic mass is 10.1. The van der Waals surface area contributed by atoms with Crippen LogP contribution in [0.15, 0.2) is 90.0 Å². The van der Waals surface area contributed by atoms with Crippen molar-refractivity contribution >= 4 is 21.6 Å². The third-order valence-corrected chi connectivity index (χ3v) is 8.96. The fourth-order valence-electron chi connectivity index (χ4n) is 4.94. The van der Waals surface area contributed by atoms with E-state index >= 15 is 0 Å². The zero-order valence-electron chi connectivity index (χ0n) is 22.2. The highest BCUT2D eigenvalue weighted by molar-refractivity contribution is 7.89. The van der Waals surface area contributed by atoms with E-state index in [0.717, 1.165) is 42.0 Å². The molecule has 206 valence electrons. The number of rotatable bonds is 7. The van der Waals surface area contributed by atoms with Crippen molar-refractivity contribution in [2.75, 3.05) is 18.0 Å². The fourth-order valence-corrected chi connectivity index (χ4v) is 6.49. The Labute approximate surface area is 234 Å². The van der Waals surface area contributed by atoms with Crippen molar-refractivity contribution < 1.29 is 23.4 Å². The van der Waals surface area contributed by atoms with Gasteiger partial charge in [-0.25, -0.2) is 8.42 Å². The van der Waals surface area contributed by atoms with E-state index in [0.29, 0.717) is 24.5 Å². The number of hydrogen-bond donors (Lipinski definition) is 2. The van der Waals surface area contributed by atoms with E-state index in [1.165, 1.54) is 22.6 Å². The normalized spacial score (nSPS) is 14.1. The van der Waals surface area contributed by atoms with Gasteiger partial charge in [0.05, 0.1) is 17.8 Å². The molecule has 0 unspecified atom stereocenters. The van der Waals surface area contributed by atoms with Gasteiger partial charge >= 0.3 is 0 Å². The smallest absolute Gasteiger partial charge is 0.262 e. The van der Waals surface area contributed by atoms with E-state index < -0.39 is 15.9 Å². The Kier molecular flexibility index (Phi) is 7.86. The largest absolute Gasteiger partial charge is 0.508 e. The lowest BCUT2D eigenvalue weighted by Crippen LogP contribution is -2.35. The van der Waals surface area contributed by atoms with Crippen LogP contribution in [0.5, 0.6) is 11.5 Å². The number of aromatic nitrogens is 1. The Balaban J connectivity index is 1.44. The summed E-state index contributed by atoms with van der Waals surface area (Å²) in [6, 6.07) is 22.3. The second-order valence-electron chi connectivity index (χ2n) is 9.93. The van der Waals surface area contributed by atoms with Crippen LogP contribution in [-0.4, -0.2) is 46.9 Å². The molecule has 3 aromatic carbocycles. The van der Waals surface area contributed by atoms with E-state index in [1.807, 2.05) is 49.4 Å². The minimum Gasteiger partial charge on any atom is -0.508 e. The second-order valence-corrected chi connectivity index (χ2v) is 11.9. The van der Waals surface area contributed by atoms with Crippen molar-refractivity contribution in [3.8, 4) is 22.8 Å². The van der Waals surface area contributed by atoms with E-state index in [1.54, 1.807) is 23.1 Å². The number of phenols is 2. The molecule has 0 saturated carbocycles. The van der Waals surface area contributed by atoms with Gasteiger partial charge in [0.2, 0.25) is 10.0 Å². The summed E-state index contributed by atoms with van der Waals surface area (Å²) in [5.74, 6) is -0.861. The lowest BCUT2D eigenvalue weighted by Gasteiger charge is -2.26. The summed E-state index contributed by atoms with van der Waals surface area (Å²) >= 11 is 0. The van der Waals surface area contributed by atoms with Crippen molar-refractivity contribution in [3.63, 3.8) is 0 Å². The van der Waals surface area contributed by atoms with Crippen LogP contribution < -0.4 is 4.90 Å². The monoisotopic (exact) mass is 557 g/mol. The number of anilines is 1. The summed E-state index contributed by atoms with van der Waals surface area (Å²) in [4.78, 5) is 19.8. The molecule has 2 heterocycles. The molecule has 8 nitrogen and oxygen atoms in total. The quantitative estimate of drug-likeness (QED) is 0.311. The summed E-state index contributed by atoms with van der Waals surface area (Å²) in [5.41, 5.74) is 3.75. The number of piperidine rings is 1. The first-order valence-electron chi connectivity index (χ1n) is 13.2. The third-order valence-electron chi connectivity index (χ3n) is 7.10. The number of hydrogen-bond acceptors (Lipinski definition) is 6. The van der Waals surface area contributed by atoms with Gasteiger partial charge in [-0.2, -0.15) is 4.31 Å². The first kappa shape index (κ1) is 27.4. The molecule has 1 aromatic heterocycles. The minimum atomic E-state index is -3.58. The Bertz CT molecular complexity index is 1620. The molecule has 0 aliphatic carbocycles. The zero-order chi connectivity index (χ0) is 28.3. The molecule has 4 aromatic rings. The predicted octanol–water partition coefficient (Wildman–Crippen LogP) is 5.49. The SMILES string of the molecule is Cc1cc(S(=O)(=O)N2CCCCC2)cnc1-c1ccc(N(Cc2ccccc2)C(=O)c2ccc(O)cc2O)cc1. The molecule has 40 heavy (non-hydrogen) atoms. The van der Waals surface area contributed by atoms with Crippen LogP contribution in [0.25, 0.3) is 11.3 Å². The van der Waals surface area contributed by atoms with Crippen molar-refractivity contribution in [3.05, 3.63) is 102 Å². The highest BCUT2D eigenvalue weighted by Gasteiger charge is 2.27. The molecular formula is C31H31N3O5S. The standard InChI is InChI=1S/C31H31N3O5S/c1-22-18-27(40(38,39)33-16-6-3-7-17-33)20-32-30(22)24-10-12-25(13-11-24)34(21-23-8-4-2-5-9-23)31(37)28-15-14-26(35)19-29(28)36/h2,4-5,8-15,18-20,35-36H,3,6-7,16-17,21H2,1H3. The van der Waals surface area contributed by atoms with Crippen molar-refractivity contribution in [1.29, 1.82) is 0 Å². The van der Waals surface area contributed by atoms with Gasteiger partial charge in [0.15, 0.2) is 0 Å². The molecule has 9 heteroatoms. The summed E-state index contributed by atoms with van der Waals surface area (Å²) < 4.78 is 27.7. The molecular weight excluding hydrogens is 526 g/mol. The van der Waals surface area contributed by atoms with Crippen LogP contribution in [0.2, 0.25) is 0 Å². The second kappa shape index (κ2) is 11.5. The van der Waals surface area contributed by atoms with Crippen LogP contribution in [0.4, 0.5) is 5.69 Å². The number of aryl methyl sites for hydroxylation is 1. The first-order valence-corrected chi connectivity index (χ1v) is 14.6. The Morgan fingerprint density at radius 2 is 1.62 bits per heavy atom. The molecule has 0 radical (unpaired) electrons. The van der Waals surface area contributed by atoms with Crippen molar-refractivity contribution in [2.24, 2.45) is 0 Å². The number of benzene rings is 3. The molecule has 1 saturated heterocycles. The molecule has 1 fully saturated rings. The topological polar surface area (TPSA) is 111 Å². The van der Waals surface area contributed by atoms with Crippen LogP contribution in [0.3, 0.4) is 0 Å². The molecule has 1 amide bonds. The number of phenolic OH excluding ortho intramolecular Hbond substituents is 2. The Hall–Kier alpha value is -4.21. The maximum atomic E-state index is 13.6. The van der Waals surface area contributed by atoms with Crippen molar-refractivity contribution in [1.82, 2.24) is 9.29 Å². The van der Waals surface area contributed by atoms with Gasteiger partial charge < -0.3 is 15.1 Å². The molecule has 2 N–H and O–H groups in total. The lowest BCUT2D eigenvalue weighted by molar-refractivity contribution is 0.0982. The fraction of sp³-hybridized carbons (Fsp3) is 0.226. The van der Waals surface area contributed by atoms with Gasteiger partial charge in [0.25, 0.3) is 5.91 Å². The van der Waals surface area contributed by atoms with Gasteiger partial charge in [-0.15, -0.1) is 0 Å². The number of pyridine rings is 1. The predicted molar refractivity (Wildman–Crippen MR) is 154 cm³/mol. The van der Waals surface area contributed by atoms with E-state index in [2.05, 4.69) is 4.98 Å². The Morgan fingerprint density at radius 3 is 2.27 bits per heavy atom. The molecule has 0 spiro atoms. The number of carbonyl (C=O) groups is 1. The Morgan fingerprint density at radius 1 is 0.925 bits per heavy atom. The minimum absolute atomic E-state index is 0.0702. The highest BCUT2D eigenvalue weighted by Crippen LogP contribution is 2.30. The first-order chi connectivity index (χ1) is 19.2. The van der Waals surface area contributed by atoms with E-state index in [-0.39, 0.29) is 28.5 Å². The molecule has 1 aliphatic rings. The van der Waals surface area contributed by atoms with Crippen LogP contribution in [-0.2, 0) is 16.6 Å². The van der Waals surface area contributed by atoms with Gasteiger partial charge in [0.1, 0.15) is 16.4 Å². The highest BCUT2D eigenvalue weighted by atomic mass is 32.2. The van der Waals surface area contributed by atoms with Gasteiger partial charge in [0, 0.05) is 36.6 Å². The van der Waals surface area contributed by atoms with Gasteiger partial charge in [-0.05, 0) is 61.2 Å². The number of aromatic hydroxyl groups is 2. The summed E-state index contributed by atoms with van der Waals surface area (Å²) in [5, 5.41) is 20.0. The average Bonchev–Trinajstić information content (AvgIpc) is 2.97. The molecule has 0 bridgehead atoms. The molecule has 1 aliphatic heterocycles. The number of nitrogens with zero attached hydrogens (tertiary/aromatic N) is 3. The number of carbonyl (C=O) groups excluding carboxylic acids is 1. The summed E-state index contributed by atoms with van der Waals surface area (Å²) in [6.07, 6.45) is 4.19. The molecule has 5 rings (SSSR count). The zero-order valence-corrected chi connectivity index (χ0v) is 23.0. The van der Waals surface area contributed by atoms with Gasteiger partial charge in [-0.3, -0.25) is 9.78 Å². The van der Waals surface area contributed by atoms with Crippen LogP contribution >= 0.6 is 0 Å².